The van der Waals surface area contributed by atoms with E-state index >= 15 is 0 Å². The summed E-state index contributed by atoms with van der Waals surface area (Å²) >= 11 is 0. The minimum atomic E-state index is -2.54. The van der Waals surface area contributed by atoms with Crippen molar-refractivity contribution in [1.29, 1.82) is 0 Å². The van der Waals surface area contributed by atoms with E-state index in [1.807, 2.05) is 4.90 Å². The maximum Gasteiger partial charge on any atom is 0.230 e. The molecule has 2 unspecified atom stereocenters. The third-order valence-electron chi connectivity index (χ3n) is 7.82. The number of ketones is 2. The average molecular weight is 513 g/mol. The number of nitrogens with one attached hydrogen (secondary N) is 1. The molecular weight excluding hydrogens is 484 g/mol. The summed E-state index contributed by atoms with van der Waals surface area (Å²) < 4.78 is 4.80. The minimum absolute atomic E-state index is 0.0299. The summed E-state index contributed by atoms with van der Waals surface area (Å²) in [5.74, 6) is -6.89. The summed E-state index contributed by atoms with van der Waals surface area (Å²) in [6.07, 6.45) is 0.183. The van der Waals surface area contributed by atoms with Crippen LogP contribution >= 0.6 is 0 Å². The number of hydrogen-bond donors (Lipinski definition) is 6. The number of primary amides is 1. The van der Waals surface area contributed by atoms with Crippen molar-refractivity contribution in [2.75, 3.05) is 24.3 Å². The molecule has 0 aliphatic heterocycles. The molecule has 3 aliphatic rings. The van der Waals surface area contributed by atoms with Gasteiger partial charge in [0.2, 0.25) is 5.91 Å². The highest BCUT2D eigenvalue weighted by Gasteiger charge is 2.62. The second kappa shape index (κ2) is 8.60. The van der Waals surface area contributed by atoms with Gasteiger partial charge in [-0.3, -0.25) is 14.4 Å². The van der Waals surface area contributed by atoms with Gasteiger partial charge in [0.05, 0.1) is 11.7 Å². The number of allylic oxidation sites excluding steroid dienone is 1. The Hall–Kier alpha value is -3.90. The molecule has 3 aliphatic carbocycles. The van der Waals surface area contributed by atoms with Crippen LogP contribution in [0.2, 0.25) is 0 Å². The number of rotatable bonds is 5. The number of aromatic nitrogens is 1. The Morgan fingerprint density at radius 1 is 1.30 bits per heavy atom. The van der Waals surface area contributed by atoms with Gasteiger partial charge in [0, 0.05) is 49.4 Å². The second-order valence-electron chi connectivity index (χ2n) is 10.1. The molecule has 12 heteroatoms. The van der Waals surface area contributed by atoms with Crippen molar-refractivity contribution in [1.82, 2.24) is 5.16 Å². The number of carbonyl (C=O) groups is 3. The minimum Gasteiger partial charge on any atom is -0.508 e. The molecule has 1 amide bonds. The van der Waals surface area contributed by atoms with E-state index in [-0.39, 0.29) is 42.7 Å². The molecule has 12 nitrogen and oxygen atoms in total. The van der Waals surface area contributed by atoms with E-state index in [4.69, 9.17) is 10.3 Å². The van der Waals surface area contributed by atoms with Crippen LogP contribution in [0.1, 0.15) is 34.3 Å². The van der Waals surface area contributed by atoms with Crippen LogP contribution in [-0.4, -0.2) is 68.9 Å². The molecule has 0 bridgehead atoms. The summed E-state index contributed by atoms with van der Waals surface area (Å²) in [5, 5.41) is 50.9. The van der Waals surface area contributed by atoms with E-state index < -0.39 is 52.7 Å². The number of hydrogen-bond acceptors (Lipinski definition) is 11. The van der Waals surface area contributed by atoms with Gasteiger partial charge in [0.15, 0.2) is 23.0 Å². The number of nitrogens with zero attached hydrogens (tertiary/aromatic N) is 2. The number of phenolic OH excluding ortho intramolecular Hbond substituents is 1. The van der Waals surface area contributed by atoms with Gasteiger partial charge in [-0.25, -0.2) is 0 Å². The fraction of sp³-hybridized carbons (Fsp3) is 0.440. The maximum absolute atomic E-state index is 13.8. The number of aliphatic hydroxyl groups excluding tert-OH is 2. The zero-order valence-electron chi connectivity index (χ0n) is 20.3. The van der Waals surface area contributed by atoms with Crippen LogP contribution < -0.4 is 16.0 Å². The summed E-state index contributed by atoms with van der Waals surface area (Å²) in [6.45, 7) is 0.108. The number of phenols is 1. The van der Waals surface area contributed by atoms with Gasteiger partial charge in [0.1, 0.15) is 23.7 Å². The Morgan fingerprint density at radius 3 is 2.65 bits per heavy atom. The highest BCUT2D eigenvalue weighted by atomic mass is 16.5. The van der Waals surface area contributed by atoms with Crippen molar-refractivity contribution >= 4 is 29.0 Å². The number of aromatic hydroxyl groups is 1. The third kappa shape index (κ3) is 3.58. The Bertz CT molecular complexity index is 1330. The zero-order valence-corrected chi connectivity index (χ0v) is 20.3. The number of amides is 1. The third-order valence-corrected chi connectivity index (χ3v) is 7.82. The molecule has 0 radical (unpaired) electrons. The molecule has 1 aromatic heterocycles. The van der Waals surface area contributed by atoms with Gasteiger partial charge in [-0.15, -0.1) is 0 Å². The van der Waals surface area contributed by atoms with Gasteiger partial charge in [0.25, 0.3) is 0 Å². The van der Waals surface area contributed by atoms with Crippen molar-refractivity contribution in [3.63, 3.8) is 0 Å². The van der Waals surface area contributed by atoms with E-state index in [0.717, 1.165) is 0 Å². The Kier molecular flexibility index (Phi) is 5.76. The topological polar surface area (TPSA) is 199 Å². The SMILES string of the molecule is CN(C)c1cc(CNc2ccon2)c(O)c2c1C[C@H]1C[C@H]3CC(O)C(C(N)=O)C(=O)[C@@]3(O)C(O)=C1C2=O. The first-order chi connectivity index (χ1) is 17.5. The van der Waals surface area contributed by atoms with E-state index in [2.05, 4.69) is 10.5 Å². The fourth-order valence-electron chi connectivity index (χ4n) is 6.05. The quantitative estimate of drug-likeness (QED) is 0.303. The van der Waals surface area contributed by atoms with Gasteiger partial charge >= 0.3 is 0 Å². The highest BCUT2D eigenvalue weighted by molar-refractivity contribution is 6.16. The molecule has 5 atom stereocenters. The second-order valence-corrected chi connectivity index (χ2v) is 10.1. The first-order valence-electron chi connectivity index (χ1n) is 11.9. The maximum atomic E-state index is 13.8. The van der Waals surface area contributed by atoms with Crippen LogP contribution in [-0.2, 0) is 22.6 Å². The van der Waals surface area contributed by atoms with Crippen LogP contribution in [0.4, 0.5) is 11.5 Å². The molecule has 2 aromatic rings. The van der Waals surface area contributed by atoms with Gasteiger partial charge < -0.3 is 40.9 Å². The van der Waals surface area contributed by atoms with Crippen LogP contribution in [0.3, 0.4) is 0 Å². The van der Waals surface area contributed by atoms with Crippen molar-refractivity contribution in [3.8, 4) is 5.75 Å². The molecule has 1 fully saturated rings. The van der Waals surface area contributed by atoms with Gasteiger partial charge in [-0.05, 0) is 36.8 Å². The number of anilines is 2. The lowest BCUT2D eigenvalue weighted by Crippen LogP contribution is -2.63. The largest absolute Gasteiger partial charge is 0.508 e. The molecule has 0 saturated heterocycles. The predicted octanol–water partition coefficient (Wildman–Crippen LogP) is 0.412. The molecule has 7 N–H and O–H groups in total. The smallest absolute Gasteiger partial charge is 0.230 e. The van der Waals surface area contributed by atoms with E-state index in [1.54, 1.807) is 26.2 Å². The van der Waals surface area contributed by atoms with Crippen molar-refractivity contribution in [2.24, 2.45) is 23.5 Å². The van der Waals surface area contributed by atoms with E-state index in [9.17, 15) is 34.8 Å². The van der Waals surface area contributed by atoms with Crippen LogP contribution in [0, 0.1) is 17.8 Å². The summed E-state index contributed by atoms with van der Waals surface area (Å²) in [6, 6.07) is 3.35. The first-order valence-corrected chi connectivity index (χ1v) is 11.9. The number of benzene rings is 1. The van der Waals surface area contributed by atoms with Crippen LogP contribution in [0.15, 0.2) is 34.3 Å². The lowest BCUT2D eigenvalue weighted by atomic mass is 9.57. The van der Waals surface area contributed by atoms with Gasteiger partial charge in [-0.2, -0.15) is 0 Å². The first kappa shape index (κ1) is 24.8. The summed E-state index contributed by atoms with van der Waals surface area (Å²) in [7, 11) is 3.60. The fourth-order valence-corrected chi connectivity index (χ4v) is 6.05. The van der Waals surface area contributed by atoms with E-state index in [0.29, 0.717) is 22.6 Å². The lowest BCUT2D eigenvalue weighted by Gasteiger charge is -2.48. The van der Waals surface area contributed by atoms with Crippen LogP contribution in [0.5, 0.6) is 5.75 Å². The monoisotopic (exact) mass is 512 g/mol. The molecule has 37 heavy (non-hydrogen) atoms. The number of aliphatic hydroxyl groups is 3. The van der Waals surface area contributed by atoms with Crippen molar-refractivity contribution in [3.05, 3.63) is 46.4 Å². The molecule has 1 saturated carbocycles. The van der Waals surface area contributed by atoms with E-state index in [1.165, 1.54) is 6.26 Å². The Labute approximate surface area is 211 Å². The lowest BCUT2D eigenvalue weighted by molar-refractivity contribution is -0.167. The standard InChI is InChI=1S/C25H28N4O8/c1-29(2)14-7-11(9-27-16-3-4-37-28-16)20(31)18-13(14)6-10-5-12-8-15(30)19(24(26)35)23(34)25(12,36)22(33)17(10)21(18)32/h3-4,7,10,12,15,19,30-31,33,36H,5-6,8-9H2,1-2H3,(H2,26,35)(H,27,28)/t10-,12+,15?,19?,25+/m1/s1. The normalized spacial score (nSPS) is 28.9. The molecule has 196 valence electrons. The van der Waals surface area contributed by atoms with Crippen molar-refractivity contribution < 1.29 is 39.3 Å². The van der Waals surface area contributed by atoms with Gasteiger partial charge in [-0.1, -0.05) is 5.16 Å². The number of fused-ring (bicyclic) bond motifs is 3. The highest BCUT2D eigenvalue weighted by Crippen LogP contribution is 2.53. The Balaban J connectivity index is 1.62. The summed E-state index contributed by atoms with van der Waals surface area (Å²) in [5.41, 5.74) is 4.19. The number of carbonyl (C=O) groups excluding carboxylic acids is 3. The van der Waals surface area contributed by atoms with Crippen LogP contribution in [0.25, 0.3) is 0 Å². The zero-order chi connectivity index (χ0) is 26.8. The summed E-state index contributed by atoms with van der Waals surface area (Å²) in [4.78, 5) is 40.6. The van der Waals surface area contributed by atoms with Crippen molar-refractivity contribution in [2.45, 2.75) is 37.5 Å². The number of nitrogens with two attached hydrogens (primary N) is 1. The predicted molar refractivity (Wildman–Crippen MR) is 129 cm³/mol. The molecule has 0 spiro atoms. The Morgan fingerprint density at radius 2 is 2.03 bits per heavy atom. The average Bonchev–Trinajstić information content (AvgIpc) is 3.34. The number of Topliss-reactive ketones (excluding diaryl/α,β-unsaturated/α-hetero) is 2. The molecule has 1 aromatic carbocycles. The molecular formula is C25H28N4O8. The molecule has 1 heterocycles. The molecule has 5 rings (SSSR count).